The highest BCUT2D eigenvalue weighted by Crippen LogP contribution is 2.31. The Bertz CT molecular complexity index is 833. The average molecular weight is 392 g/mol. The first kappa shape index (κ1) is 19.6. The van der Waals surface area contributed by atoms with Crippen LogP contribution in [0.3, 0.4) is 0 Å². The summed E-state index contributed by atoms with van der Waals surface area (Å²) in [6, 6.07) is 16.5. The van der Waals surface area contributed by atoms with Crippen molar-refractivity contribution in [3.63, 3.8) is 0 Å². The van der Waals surface area contributed by atoms with E-state index in [4.69, 9.17) is 4.74 Å². The van der Waals surface area contributed by atoms with Crippen LogP contribution in [0.1, 0.15) is 52.8 Å². The van der Waals surface area contributed by atoms with Crippen LogP contribution in [0.15, 0.2) is 54.6 Å². The minimum atomic E-state index is -0.293. The first-order chi connectivity index (χ1) is 14.2. The largest absolute Gasteiger partial charge is 0.462 e. The molecule has 1 amide bonds. The fourth-order valence-electron chi connectivity index (χ4n) is 4.52. The van der Waals surface area contributed by atoms with E-state index in [-0.39, 0.29) is 11.9 Å². The number of amides is 1. The van der Waals surface area contributed by atoms with E-state index in [0.29, 0.717) is 35.4 Å². The van der Waals surface area contributed by atoms with Crippen molar-refractivity contribution in [3.8, 4) is 0 Å². The smallest absolute Gasteiger partial charge is 0.338 e. The standard InChI is InChI=1S/C24H28N2O3/c27-23(18-7-2-1-3-8-18)25-21-13-11-19(12-14-21)24(28)29-17-20-9-6-16-26-15-5-4-10-22(20)26/h1-3,7-8,11-14,20,22H,4-6,9-10,15-17H2,(H,25,27)/t20-,22+/m0/s1. The predicted octanol–water partition coefficient (Wildman–Crippen LogP) is 4.36. The number of ether oxygens (including phenoxy) is 1. The molecule has 2 aliphatic rings. The zero-order valence-corrected chi connectivity index (χ0v) is 16.7. The van der Waals surface area contributed by atoms with Crippen LogP contribution in [0.5, 0.6) is 0 Å². The Morgan fingerprint density at radius 3 is 2.45 bits per heavy atom. The lowest BCUT2D eigenvalue weighted by Crippen LogP contribution is -2.49. The van der Waals surface area contributed by atoms with Crippen molar-refractivity contribution in [1.29, 1.82) is 0 Å². The lowest BCUT2D eigenvalue weighted by molar-refractivity contribution is 0.00739. The molecule has 0 aliphatic carbocycles. The second-order valence-corrected chi connectivity index (χ2v) is 8.00. The van der Waals surface area contributed by atoms with Gasteiger partial charge in [0.2, 0.25) is 0 Å². The Kier molecular flexibility index (Phi) is 6.25. The van der Waals surface area contributed by atoms with Crippen LogP contribution in [-0.2, 0) is 4.74 Å². The summed E-state index contributed by atoms with van der Waals surface area (Å²) < 4.78 is 5.65. The molecule has 2 aromatic rings. The lowest BCUT2D eigenvalue weighted by atomic mass is 9.84. The number of benzene rings is 2. The van der Waals surface area contributed by atoms with Crippen molar-refractivity contribution >= 4 is 17.6 Å². The predicted molar refractivity (Wildman–Crippen MR) is 113 cm³/mol. The Balaban J connectivity index is 1.30. The first-order valence-electron chi connectivity index (χ1n) is 10.6. The van der Waals surface area contributed by atoms with Gasteiger partial charge < -0.3 is 10.1 Å². The minimum Gasteiger partial charge on any atom is -0.462 e. The number of nitrogens with zero attached hydrogens (tertiary/aromatic N) is 1. The van der Waals surface area contributed by atoms with Crippen LogP contribution in [0, 0.1) is 5.92 Å². The number of piperidine rings is 2. The second kappa shape index (κ2) is 9.23. The molecule has 5 nitrogen and oxygen atoms in total. The summed E-state index contributed by atoms with van der Waals surface area (Å²) in [6.07, 6.45) is 6.11. The molecule has 0 aromatic heterocycles. The Morgan fingerprint density at radius 2 is 1.66 bits per heavy atom. The molecule has 0 spiro atoms. The third kappa shape index (κ3) is 4.85. The highest BCUT2D eigenvalue weighted by Gasteiger charge is 2.33. The van der Waals surface area contributed by atoms with Crippen molar-refractivity contribution in [2.24, 2.45) is 5.92 Å². The van der Waals surface area contributed by atoms with Gasteiger partial charge in [-0.25, -0.2) is 4.79 Å². The van der Waals surface area contributed by atoms with Crippen LogP contribution in [-0.4, -0.2) is 42.5 Å². The average Bonchev–Trinajstić information content (AvgIpc) is 2.78. The minimum absolute atomic E-state index is 0.171. The maximum atomic E-state index is 12.5. The number of hydrogen-bond acceptors (Lipinski definition) is 4. The molecule has 4 rings (SSSR count). The Labute approximate surface area is 172 Å². The van der Waals surface area contributed by atoms with Gasteiger partial charge in [-0.15, -0.1) is 0 Å². The van der Waals surface area contributed by atoms with E-state index < -0.39 is 0 Å². The van der Waals surface area contributed by atoms with Gasteiger partial charge in [-0.2, -0.15) is 0 Å². The fraction of sp³-hybridized carbons (Fsp3) is 0.417. The summed E-state index contributed by atoms with van der Waals surface area (Å²) in [5, 5.41) is 2.84. The molecule has 0 unspecified atom stereocenters. The Morgan fingerprint density at radius 1 is 0.897 bits per heavy atom. The normalized spacial score (nSPS) is 21.8. The van der Waals surface area contributed by atoms with Crippen molar-refractivity contribution in [2.45, 2.75) is 38.1 Å². The first-order valence-corrected chi connectivity index (χ1v) is 10.6. The Hall–Kier alpha value is -2.66. The number of fused-ring (bicyclic) bond motifs is 1. The number of carbonyl (C=O) groups excluding carboxylic acids is 2. The summed E-state index contributed by atoms with van der Waals surface area (Å²) in [4.78, 5) is 27.3. The van der Waals surface area contributed by atoms with Crippen LogP contribution in [0.2, 0.25) is 0 Å². The summed E-state index contributed by atoms with van der Waals surface area (Å²) in [7, 11) is 0. The van der Waals surface area contributed by atoms with Gasteiger partial charge in [0.1, 0.15) is 0 Å². The van der Waals surface area contributed by atoms with E-state index in [1.807, 2.05) is 18.2 Å². The molecule has 2 aliphatic heterocycles. The molecule has 152 valence electrons. The van der Waals surface area contributed by atoms with E-state index in [2.05, 4.69) is 10.2 Å². The maximum Gasteiger partial charge on any atom is 0.338 e. The zero-order chi connectivity index (χ0) is 20.1. The highest BCUT2D eigenvalue weighted by molar-refractivity contribution is 6.04. The van der Waals surface area contributed by atoms with E-state index in [0.717, 1.165) is 6.42 Å². The molecule has 1 N–H and O–H groups in total. The SMILES string of the molecule is O=C(Nc1ccc(C(=O)OC[C@@H]2CCCN3CCCC[C@H]23)cc1)c1ccccc1. The van der Waals surface area contributed by atoms with Gasteiger partial charge in [-0.3, -0.25) is 9.69 Å². The van der Waals surface area contributed by atoms with E-state index >= 15 is 0 Å². The van der Waals surface area contributed by atoms with E-state index in [1.54, 1.807) is 36.4 Å². The molecular formula is C24H28N2O3. The van der Waals surface area contributed by atoms with Gasteiger partial charge in [-0.05, 0) is 75.2 Å². The molecule has 5 heteroatoms. The van der Waals surface area contributed by atoms with Crippen LogP contribution >= 0.6 is 0 Å². The van der Waals surface area contributed by atoms with Gasteiger partial charge in [-0.1, -0.05) is 24.6 Å². The van der Waals surface area contributed by atoms with Crippen LogP contribution in [0.25, 0.3) is 0 Å². The molecule has 29 heavy (non-hydrogen) atoms. The molecule has 2 saturated heterocycles. The zero-order valence-electron chi connectivity index (χ0n) is 16.7. The number of carbonyl (C=O) groups is 2. The molecule has 0 bridgehead atoms. The number of rotatable bonds is 5. The molecule has 0 saturated carbocycles. The molecule has 2 atom stereocenters. The van der Waals surface area contributed by atoms with Crippen molar-refractivity contribution in [1.82, 2.24) is 4.90 Å². The van der Waals surface area contributed by atoms with Crippen LogP contribution < -0.4 is 5.32 Å². The topological polar surface area (TPSA) is 58.6 Å². The maximum absolute atomic E-state index is 12.5. The monoisotopic (exact) mass is 392 g/mol. The molecule has 2 aromatic carbocycles. The van der Waals surface area contributed by atoms with Gasteiger partial charge in [0.25, 0.3) is 5.91 Å². The van der Waals surface area contributed by atoms with Gasteiger partial charge in [0, 0.05) is 23.2 Å². The summed E-state index contributed by atoms with van der Waals surface area (Å²) in [5.41, 5.74) is 1.76. The van der Waals surface area contributed by atoms with Gasteiger partial charge in [0.05, 0.1) is 12.2 Å². The molecule has 2 heterocycles. The lowest BCUT2D eigenvalue weighted by Gasteiger charge is -2.44. The second-order valence-electron chi connectivity index (χ2n) is 8.00. The summed E-state index contributed by atoms with van der Waals surface area (Å²) in [5.74, 6) is -0.0217. The highest BCUT2D eigenvalue weighted by atomic mass is 16.5. The van der Waals surface area contributed by atoms with Gasteiger partial charge in [0.15, 0.2) is 0 Å². The van der Waals surface area contributed by atoms with E-state index in [1.165, 1.54) is 38.8 Å². The number of anilines is 1. The molecule has 2 fully saturated rings. The number of esters is 1. The third-order valence-corrected chi connectivity index (χ3v) is 6.07. The van der Waals surface area contributed by atoms with Crippen molar-refractivity contribution in [2.75, 3.05) is 25.0 Å². The third-order valence-electron chi connectivity index (χ3n) is 6.07. The van der Waals surface area contributed by atoms with E-state index in [9.17, 15) is 9.59 Å². The van der Waals surface area contributed by atoms with Crippen LogP contribution in [0.4, 0.5) is 5.69 Å². The van der Waals surface area contributed by atoms with Crippen molar-refractivity contribution in [3.05, 3.63) is 65.7 Å². The quantitative estimate of drug-likeness (QED) is 0.768. The van der Waals surface area contributed by atoms with Crippen molar-refractivity contribution < 1.29 is 14.3 Å². The summed E-state index contributed by atoms with van der Waals surface area (Å²) >= 11 is 0. The van der Waals surface area contributed by atoms with Gasteiger partial charge >= 0.3 is 5.97 Å². The molecular weight excluding hydrogens is 364 g/mol. The number of hydrogen-bond donors (Lipinski definition) is 1. The molecule has 0 radical (unpaired) electrons. The number of nitrogens with one attached hydrogen (secondary N) is 1. The summed E-state index contributed by atoms with van der Waals surface area (Å²) in [6.45, 7) is 2.86. The fourth-order valence-corrected chi connectivity index (χ4v) is 4.52.